The fraction of sp³-hybridized carbons (Fsp3) is 0.444. The summed E-state index contributed by atoms with van der Waals surface area (Å²) in [5, 5.41) is 6.80. The van der Waals surface area contributed by atoms with E-state index in [-0.39, 0.29) is 36.6 Å². The fourth-order valence-electron chi connectivity index (χ4n) is 2.79. The highest BCUT2D eigenvalue weighted by atomic mass is 16.5. The molecule has 7 nitrogen and oxygen atoms in total. The Kier molecular flexibility index (Phi) is 5.11. The summed E-state index contributed by atoms with van der Waals surface area (Å²) in [5.74, 6) is 0.392. The Bertz CT molecular complexity index is 742. The van der Waals surface area contributed by atoms with Crippen LogP contribution in [0.3, 0.4) is 0 Å². The van der Waals surface area contributed by atoms with Crippen LogP contribution in [-0.4, -0.2) is 33.4 Å². The van der Waals surface area contributed by atoms with Gasteiger partial charge in [0.2, 0.25) is 11.8 Å². The van der Waals surface area contributed by atoms with Crippen LogP contribution in [0.2, 0.25) is 0 Å². The SMILES string of the molecule is CC(C)c1cc(CNC(=O)C2CC(=O)N(Cc3ccccn3)C2)on1. The smallest absolute Gasteiger partial charge is 0.225 e. The van der Waals surface area contributed by atoms with Crippen LogP contribution in [-0.2, 0) is 22.7 Å². The van der Waals surface area contributed by atoms with E-state index >= 15 is 0 Å². The average molecular weight is 342 g/mol. The van der Waals surface area contributed by atoms with Crippen molar-refractivity contribution in [3.05, 3.63) is 47.6 Å². The standard InChI is InChI=1S/C18H22N4O3/c1-12(2)16-8-15(25-21-16)9-20-18(24)13-7-17(23)22(10-13)11-14-5-3-4-6-19-14/h3-6,8,12-13H,7,9-11H2,1-2H3,(H,20,24). The summed E-state index contributed by atoms with van der Waals surface area (Å²) in [6.07, 6.45) is 1.93. The Morgan fingerprint density at radius 2 is 2.28 bits per heavy atom. The number of likely N-dealkylation sites (tertiary alicyclic amines) is 1. The molecule has 2 aromatic rings. The molecule has 1 saturated heterocycles. The number of aromatic nitrogens is 2. The zero-order valence-electron chi connectivity index (χ0n) is 14.4. The quantitative estimate of drug-likeness (QED) is 0.865. The summed E-state index contributed by atoms with van der Waals surface area (Å²) in [5.41, 5.74) is 1.68. The van der Waals surface area contributed by atoms with Crippen LogP contribution in [0, 0.1) is 5.92 Å². The zero-order valence-corrected chi connectivity index (χ0v) is 14.4. The first-order valence-electron chi connectivity index (χ1n) is 8.44. The molecule has 1 aliphatic heterocycles. The molecule has 3 heterocycles. The molecule has 2 aromatic heterocycles. The first kappa shape index (κ1) is 17.1. The number of rotatable bonds is 6. The van der Waals surface area contributed by atoms with E-state index in [2.05, 4.69) is 15.5 Å². The van der Waals surface area contributed by atoms with Crippen molar-refractivity contribution in [3.63, 3.8) is 0 Å². The Hall–Kier alpha value is -2.70. The molecule has 25 heavy (non-hydrogen) atoms. The number of pyridine rings is 1. The molecule has 1 N–H and O–H groups in total. The molecule has 1 aliphatic rings. The summed E-state index contributed by atoms with van der Waals surface area (Å²) < 4.78 is 5.21. The van der Waals surface area contributed by atoms with Crippen LogP contribution in [0.4, 0.5) is 0 Å². The summed E-state index contributed by atoms with van der Waals surface area (Å²) in [7, 11) is 0. The van der Waals surface area contributed by atoms with Crippen LogP contribution in [0.15, 0.2) is 35.0 Å². The minimum absolute atomic E-state index is 0.0208. The first-order valence-corrected chi connectivity index (χ1v) is 8.44. The van der Waals surface area contributed by atoms with Gasteiger partial charge in [-0.1, -0.05) is 25.1 Å². The lowest BCUT2D eigenvalue weighted by Crippen LogP contribution is -2.32. The van der Waals surface area contributed by atoms with Gasteiger partial charge in [0.15, 0.2) is 5.76 Å². The van der Waals surface area contributed by atoms with Crippen LogP contribution < -0.4 is 5.32 Å². The van der Waals surface area contributed by atoms with Crippen molar-refractivity contribution in [1.82, 2.24) is 20.4 Å². The predicted octanol–water partition coefficient (Wildman–Crippen LogP) is 1.86. The third-order valence-electron chi connectivity index (χ3n) is 4.27. The lowest BCUT2D eigenvalue weighted by Gasteiger charge is -2.15. The number of nitrogens with zero attached hydrogens (tertiary/aromatic N) is 3. The monoisotopic (exact) mass is 342 g/mol. The maximum absolute atomic E-state index is 12.3. The normalized spacial score (nSPS) is 17.3. The van der Waals surface area contributed by atoms with Crippen molar-refractivity contribution >= 4 is 11.8 Å². The van der Waals surface area contributed by atoms with Gasteiger partial charge < -0.3 is 14.7 Å². The molecule has 132 valence electrons. The predicted molar refractivity (Wildman–Crippen MR) is 90.2 cm³/mol. The minimum Gasteiger partial charge on any atom is -0.359 e. The molecule has 3 rings (SSSR count). The Balaban J connectivity index is 1.51. The van der Waals surface area contributed by atoms with E-state index in [0.29, 0.717) is 18.8 Å². The summed E-state index contributed by atoms with van der Waals surface area (Å²) in [6, 6.07) is 7.44. The van der Waals surface area contributed by atoms with Gasteiger partial charge in [-0.15, -0.1) is 0 Å². The van der Waals surface area contributed by atoms with Crippen molar-refractivity contribution in [2.75, 3.05) is 6.54 Å². The highest BCUT2D eigenvalue weighted by Crippen LogP contribution is 2.20. The highest BCUT2D eigenvalue weighted by Gasteiger charge is 2.34. The van der Waals surface area contributed by atoms with E-state index in [4.69, 9.17) is 4.52 Å². The molecule has 1 fully saturated rings. The molecule has 0 aliphatic carbocycles. The largest absolute Gasteiger partial charge is 0.359 e. The molecular formula is C18H22N4O3. The third-order valence-corrected chi connectivity index (χ3v) is 4.27. The second-order valence-electron chi connectivity index (χ2n) is 6.59. The van der Waals surface area contributed by atoms with Crippen molar-refractivity contribution in [3.8, 4) is 0 Å². The lowest BCUT2D eigenvalue weighted by atomic mass is 10.1. The summed E-state index contributed by atoms with van der Waals surface area (Å²) in [4.78, 5) is 30.4. The molecule has 0 aromatic carbocycles. The van der Waals surface area contributed by atoms with Gasteiger partial charge in [0.05, 0.1) is 30.4 Å². The number of amides is 2. The van der Waals surface area contributed by atoms with Gasteiger partial charge in [-0.2, -0.15) is 0 Å². The van der Waals surface area contributed by atoms with Gasteiger partial charge in [-0.05, 0) is 18.1 Å². The van der Waals surface area contributed by atoms with E-state index in [1.54, 1.807) is 11.1 Å². The molecular weight excluding hydrogens is 320 g/mol. The first-order chi connectivity index (χ1) is 12.0. The Labute approximate surface area is 146 Å². The number of carbonyl (C=O) groups excluding carboxylic acids is 2. The van der Waals surface area contributed by atoms with Crippen molar-refractivity contribution in [2.45, 2.75) is 39.3 Å². The molecule has 0 bridgehead atoms. The van der Waals surface area contributed by atoms with Crippen molar-refractivity contribution in [1.29, 1.82) is 0 Å². The van der Waals surface area contributed by atoms with E-state index in [1.807, 2.05) is 38.1 Å². The van der Waals surface area contributed by atoms with Gasteiger partial charge in [0, 0.05) is 25.2 Å². The molecule has 1 unspecified atom stereocenters. The maximum atomic E-state index is 12.3. The third kappa shape index (κ3) is 4.23. The topological polar surface area (TPSA) is 88.3 Å². The van der Waals surface area contributed by atoms with E-state index in [1.165, 1.54) is 0 Å². The van der Waals surface area contributed by atoms with Crippen LogP contribution >= 0.6 is 0 Å². The van der Waals surface area contributed by atoms with E-state index in [0.717, 1.165) is 11.4 Å². The van der Waals surface area contributed by atoms with Crippen LogP contribution in [0.1, 0.15) is 43.3 Å². The average Bonchev–Trinajstić information content (AvgIpc) is 3.21. The van der Waals surface area contributed by atoms with Gasteiger partial charge in [-0.3, -0.25) is 14.6 Å². The Morgan fingerprint density at radius 3 is 2.96 bits per heavy atom. The van der Waals surface area contributed by atoms with Gasteiger partial charge >= 0.3 is 0 Å². The van der Waals surface area contributed by atoms with Crippen LogP contribution in [0.25, 0.3) is 0 Å². The minimum atomic E-state index is -0.344. The maximum Gasteiger partial charge on any atom is 0.225 e. The lowest BCUT2D eigenvalue weighted by molar-refractivity contribution is -0.129. The molecule has 0 saturated carbocycles. The van der Waals surface area contributed by atoms with Gasteiger partial charge in [0.1, 0.15) is 0 Å². The molecule has 0 radical (unpaired) electrons. The summed E-state index contributed by atoms with van der Waals surface area (Å²) in [6.45, 7) is 5.18. The van der Waals surface area contributed by atoms with Crippen molar-refractivity contribution < 1.29 is 14.1 Å². The molecule has 1 atom stereocenters. The number of nitrogens with one attached hydrogen (secondary N) is 1. The van der Waals surface area contributed by atoms with Gasteiger partial charge in [-0.25, -0.2) is 0 Å². The second kappa shape index (κ2) is 7.46. The number of hydrogen-bond donors (Lipinski definition) is 1. The van der Waals surface area contributed by atoms with Crippen LogP contribution in [0.5, 0.6) is 0 Å². The zero-order chi connectivity index (χ0) is 17.8. The molecule has 2 amide bonds. The van der Waals surface area contributed by atoms with Gasteiger partial charge in [0.25, 0.3) is 0 Å². The van der Waals surface area contributed by atoms with Crippen molar-refractivity contribution in [2.24, 2.45) is 5.92 Å². The number of carbonyl (C=O) groups is 2. The highest BCUT2D eigenvalue weighted by molar-refractivity contribution is 5.89. The van der Waals surface area contributed by atoms with E-state index in [9.17, 15) is 9.59 Å². The fourth-order valence-corrected chi connectivity index (χ4v) is 2.79. The number of hydrogen-bond acceptors (Lipinski definition) is 5. The molecule has 0 spiro atoms. The summed E-state index contributed by atoms with van der Waals surface area (Å²) >= 11 is 0. The second-order valence-corrected chi connectivity index (χ2v) is 6.59. The molecule has 7 heteroatoms. The van der Waals surface area contributed by atoms with E-state index < -0.39 is 0 Å². The Morgan fingerprint density at radius 1 is 1.44 bits per heavy atom.